The Bertz CT molecular complexity index is 665. The van der Waals surface area contributed by atoms with Gasteiger partial charge in [-0.3, -0.25) is 4.79 Å². The zero-order valence-electron chi connectivity index (χ0n) is 14.1. The molecule has 1 aliphatic rings. The standard InChI is InChI=1S/C17H23N5OS/c1-13-7-6-8-14(2)22(13)16(23)12-24-17-18-19-20-21(17)11-15-9-4-3-5-10-15/h3-5,9-10,13-14H,6-8,11-12H2,1-2H3/t13-,14-/m1/s1. The van der Waals surface area contributed by atoms with E-state index in [2.05, 4.69) is 29.4 Å². The van der Waals surface area contributed by atoms with Crippen LogP contribution in [0.15, 0.2) is 35.5 Å². The summed E-state index contributed by atoms with van der Waals surface area (Å²) >= 11 is 1.41. The minimum atomic E-state index is 0.175. The number of likely N-dealkylation sites (tertiary alicyclic amines) is 1. The van der Waals surface area contributed by atoms with Crippen LogP contribution in [0.5, 0.6) is 0 Å². The van der Waals surface area contributed by atoms with Crippen molar-refractivity contribution in [3.8, 4) is 0 Å². The highest BCUT2D eigenvalue weighted by Crippen LogP contribution is 2.24. The summed E-state index contributed by atoms with van der Waals surface area (Å²) in [6.07, 6.45) is 3.38. The molecule has 0 aliphatic carbocycles. The first kappa shape index (κ1) is 17.0. The Balaban J connectivity index is 1.61. The van der Waals surface area contributed by atoms with Crippen LogP contribution in [0.2, 0.25) is 0 Å². The summed E-state index contributed by atoms with van der Waals surface area (Å²) in [4.78, 5) is 14.6. The summed E-state index contributed by atoms with van der Waals surface area (Å²) < 4.78 is 1.75. The molecule has 1 saturated heterocycles. The van der Waals surface area contributed by atoms with Crippen molar-refractivity contribution in [1.29, 1.82) is 0 Å². The molecule has 6 nitrogen and oxygen atoms in total. The average molecular weight is 345 g/mol. The zero-order chi connectivity index (χ0) is 16.9. The SMILES string of the molecule is C[C@@H]1CCC[C@@H](C)N1C(=O)CSc1nnnn1Cc1ccccc1. The molecule has 128 valence electrons. The Morgan fingerprint density at radius 1 is 1.21 bits per heavy atom. The average Bonchev–Trinajstić information content (AvgIpc) is 3.01. The van der Waals surface area contributed by atoms with Crippen molar-refractivity contribution in [2.24, 2.45) is 0 Å². The van der Waals surface area contributed by atoms with E-state index in [1.54, 1.807) is 4.68 Å². The molecular weight excluding hydrogens is 322 g/mol. The van der Waals surface area contributed by atoms with Crippen molar-refractivity contribution in [3.05, 3.63) is 35.9 Å². The number of carbonyl (C=O) groups is 1. The Kier molecular flexibility index (Phi) is 5.50. The number of thioether (sulfide) groups is 1. The molecule has 1 aromatic heterocycles. The topological polar surface area (TPSA) is 63.9 Å². The molecule has 0 radical (unpaired) electrons. The van der Waals surface area contributed by atoms with E-state index in [0.717, 1.165) is 18.4 Å². The van der Waals surface area contributed by atoms with Crippen LogP contribution in [-0.4, -0.2) is 48.9 Å². The van der Waals surface area contributed by atoms with Crippen LogP contribution in [0.3, 0.4) is 0 Å². The van der Waals surface area contributed by atoms with Gasteiger partial charge in [-0.25, -0.2) is 4.68 Å². The molecule has 0 spiro atoms. The predicted molar refractivity (Wildman–Crippen MR) is 93.7 cm³/mol. The Morgan fingerprint density at radius 2 is 1.92 bits per heavy atom. The van der Waals surface area contributed by atoms with E-state index < -0.39 is 0 Å². The first-order chi connectivity index (χ1) is 11.6. The van der Waals surface area contributed by atoms with Crippen LogP contribution in [0, 0.1) is 0 Å². The van der Waals surface area contributed by atoms with Crippen LogP contribution in [0.25, 0.3) is 0 Å². The highest BCUT2D eigenvalue weighted by atomic mass is 32.2. The molecule has 1 amide bonds. The van der Waals surface area contributed by atoms with Crippen molar-refractivity contribution in [3.63, 3.8) is 0 Å². The van der Waals surface area contributed by atoms with Gasteiger partial charge in [0.1, 0.15) is 0 Å². The van der Waals surface area contributed by atoms with Gasteiger partial charge in [0.25, 0.3) is 0 Å². The van der Waals surface area contributed by atoms with Crippen LogP contribution >= 0.6 is 11.8 Å². The summed E-state index contributed by atoms with van der Waals surface area (Å²) in [5.74, 6) is 0.554. The van der Waals surface area contributed by atoms with E-state index in [-0.39, 0.29) is 5.91 Å². The summed E-state index contributed by atoms with van der Waals surface area (Å²) in [7, 11) is 0. The fourth-order valence-electron chi connectivity index (χ4n) is 3.27. The maximum absolute atomic E-state index is 12.6. The highest BCUT2D eigenvalue weighted by Gasteiger charge is 2.29. The number of nitrogens with zero attached hydrogens (tertiary/aromatic N) is 5. The van der Waals surface area contributed by atoms with Crippen molar-refractivity contribution < 1.29 is 4.79 Å². The molecular formula is C17H23N5OS. The third kappa shape index (κ3) is 3.95. The molecule has 7 heteroatoms. The minimum absolute atomic E-state index is 0.175. The van der Waals surface area contributed by atoms with Crippen molar-refractivity contribution >= 4 is 17.7 Å². The van der Waals surface area contributed by atoms with Gasteiger partial charge in [-0.2, -0.15) is 0 Å². The Morgan fingerprint density at radius 3 is 2.62 bits per heavy atom. The van der Waals surface area contributed by atoms with Crippen LogP contribution in [0.4, 0.5) is 0 Å². The summed E-state index contributed by atoms with van der Waals surface area (Å²) in [5, 5.41) is 12.5. The Labute approximate surface area is 146 Å². The lowest BCUT2D eigenvalue weighted by atomic mass is 9.98. The smallest absolute Gasteiger partial charge is 0.233 e. The van der Waals surface area contributed by atoms with Gasteiger partial charge < -0.3 is 4.90 Å². The number of carbonyl (C=O) groups excluding carboxylic acids is 1. The normalized spacial score (nSPS) is 21.0. The highest BCUT2D eigenvalue weighted by molar-refractivity contribution is 7.99. The fraction of sp³-hybridized carbons (Fsp3) is 0.529. The van der Waals surface area contributed by atoms with Crippen LogP contribution in [-0.2, 0) is 11.3 Å². The van der Waals surface area contributed by atoms with E-state index >= 15 is 0 Å². The van der Waals surface area contributed by atoms with Crippen molar-refractivity contribution in [2.45, 2.75) is 56.9 Å². The van der Waals surface area contributed by atoms with Crippen molar-refractivity contribution in [1.82, 2.24) is 25.1 Å². The van der Waals surface area contributed by atoms with Gasteiger partial charge in [-0.15, -0.1) is 5.10 Å². The molecule has 24 heavy (non-hydrogen) atoms. The lowest BCUT2D eigenvalue weighted by Gasteiger charge is -2.39. The molecule has 2 heterocycles. The number of amides is 1. The second-order valence-corrected chi connectivity index (χ2v) is 7.27. The second-order valence-electron chi connectivity index (χ2n) is 6.32. The number of piperidine rings is 1. The maximum atomic E-state index is 12.6. The van der Waals surface area contributed by atoms with E-state index in [4.69, 9.17) is 0 Å². The lowest BCUT2D eigenvalue weighted by molar-refractivity contribution is -0.134. The number of rotatable bonds is 5. The number of hydrogen-bond donors (Lipinski definition) is 0. The van der Waals surface area contributed by atoms with Gasteiger partial charge in [0.15, 0.2) is 0 Å². The van der Waals surface area contributed by atoms with E-state index in [1.165, 1.54) is 18.2 Å². The van der Waals surface area contributed by atoms with Gasteiger partial charge >= 0.3 is 0 Å². The minimum Gasteiger partial charge on any atom is -0.337 e. The second kappa shape index (κ2) is 7.79. The molecule has 1 aromatic carbocycles. The van der Waals surface area contributed by atoms with Crippen LogP contribution < -0.4 is 0 Å². The van der Waals surface area contributed by atoms with Crippen molar-refractivity contribution in [2.75, 3.05) is 5.75 Å². The van der Waals surface area contributed by atoms with Crippen LogP contribution in [0.1, 0.15) is 38.7 Å². The molecule has 2 atom stereocenters. The van der Waals surface area contributed by atoms with Gasteiger partial charge in [0.2, 0.25) is 11.1 Å². The van der Waals surface area contributed by atoms with E-state index in [0.29, 0.717) is 29.5 Å². The molecule has 1 aliphatic heterocycles. The number of aromatic nitrogens is 4. The number of hydrogen-bond acceptors (Lipinski definition) is 5. The van der Waals surface area contributed by atoms with E-state index in [9.17, 15) is 4.79 Å². The monoisotopic (exact) mass is 345 g/mol. The van der Waals surface area contributed by atoms with Gasteiger partial charge in [-0.1, -0.05) is 42.1 Å². The molecule has 0 unspecified atom stereocenters. The summed E-state index contributed by atoms with van der Waals surface area (Å²) in [5.41, 5.74) is 1.14. The van der Waals surface area contributed by atoms with Gasteiger partial charge in [0, 0.05) is 12.1 Å². The Hall–Kier alpha value is -1.89. The first-order valence-electron chi connectivity index (χ1n) is 8.39. The first-order valence-corrected chi connectivity index (χ1v) is 9.37. The largest absolute Gasteiger partial charge is 0.337 e. The third-order valence-electron chi connectivity index (χ3n) is 4.48. The molecule has 3 rings (SSSR count). The molecule has 0 bridgehead atoms. The third-order valence-corrected chi connectivity index (χ3v) is 5.42. The molecule has 2 aromatic rings. The molecule has 1 fully saturated rings. The zero-order valence-corrected chi connectivity index (χ0v) is 14.9. The van der Waals surface area contributed by atoms with Gasteiger partial charge in [0.05, 0.1) is 12.3 Å². The van der Waals surface area contributed by atoms with E-state index in [1.807, 2.05) is 35.2 Å². The lowest BCUT2D eigenvalue weighted by Crippen LogP contribution is -2.48. The summed E-state index contributed by atoms with van der Waals surface area (Å²) in [6, 6.07) is 10.7. The summed E-state index contributed by atoms with van der Waals surface area (Å²) in [6.45, 7) is 4.89. The fourth-order valence-corrected chi connectivity index (χ4v) is 4.02. The van der Waals surface area contributed by atoms with Gasteiger partial charge in [-0.05, 0) is 49.1 Å². The maximum Gasteiger partial charge on any atom is 0.233 e. The molecule has 0 saturated carbocycles. The number of tetrazole rings is 1. The molecule has 0 N–H and O–H groups in total. The number of benzene rings is 1. The predicted octanol–water partition coefficient (Wildman–Crippen LogP) is 2.60. The quantitative estimate of drug-likeness (QED) is 0.780.